The van der Waals surface area contributed by atoms with Gasteiger partial charge in [-0.2, -0.15) is 10.2 Å². The van der Waals surface area contributed by atoms with Gasteiger partial charge >= 0.3 is 0 Å². The van der Waals surface area contributed by atoms with Crippen molar-refractivity contribution in [1.82, 2.24) is 4.31 Å². The van der Waals surface area contributed by atoms with E-state index < -0.39 is 10.2 Å². The van der Waals surface area contributed by atoms with Crippen LogP contribution in [0.15, 0.2) is 0 Å². The second kappa shape index (κ2) is 2.98. The molecule has 0 radical (unpaired) electrons. The number of rotatable bonds is 1. The standard InChI is InChI=1S/C9H21NS/c1-8-6-7-9(2)10(8)11(3,4)5/h8-9H,6-7H2,1-5H3. The summed E-state index contributed by atoms with van der Waals surface area (Å²) in [6, 6.07) is 1.64. The van der Waals surface area contributed by atoms with Crippen LogP contribution in [0.1, 0.15) is 26.7 Å². The first kappa shape index (κ1) is 9.40. The zero-order chi connectivity index (χ0) is 8.65. The fourth-order valence-corrected chi connectivity index (χ4v) is 4.62. The van der Waals surface area contributed by atoms with Crippen molar-refractivity contribution in [3.05, 3.63) is 0 Å². The first-order valence-electron chi connectivity index (χ1n) is 4.39. The van der Waals surface area contributed by atoms with Crippen LogP contribution in [-0.2, 0) is 0 Å². The monoisotopic (exact) mass is 175 g/mol. The molecule has 11 heavy (non-hydrogen) atoms. The van der Waals surface area contributed by atoms with Crippen molar-refractivity contribution in [3.8, 4) is 0 Å². The molecule has 0 bridgehead atoms. The molecule has 0 aliphatic carbocycles. The van der Waals surface area contributed by atoms with Crippen LogP contribution >= 0.6 is 10.2 Å². The maximum atomic E-state index is 2.72. The van der Waals surface area contributed by atoms with E-state index in [2.05, 4.69) is 36.9 Å². The summed E-state index contributed by atoms with van der Waals surface area (Å²) in [5, 5.41) is 0. The predicted molar refractivity (Wildman–Crippen MR) is 55.4 cm³/mol. The molecule has 0 aromatic rings. The zero-order valence-corrected chi connectivity index (χ0v) is 9.24. The van der Waals surface area contributed by atoms with Crippen LogP contribution in [0.3, 0.4) is 0 Å². The molecule has 0 spiro atoms. The lowest BCUT2D eigenvalue weighted by Crippen LogP contribution is -2.34. The molecule has 2 heteroatoms. The molecule has 2 atom stereocenters. The van der Waals surface area contributed by atoms with E-state index in [1.807, 2.05) is 0 Å². The molecule has 0 aromatic heterocycles. The van der Waals surface area contributed by atoms with Crippen LogP contribution < -0.4 is 0 Å². The Morgan fingerprint density at radius 2 is 1.36 bits per heavy atom. The smallest absolute Gasteiger partial charge is 0.0162 e. The Bertz CT molecular complexity index is 129. The predicted octanol–water partition coefficient (Wildman–Crippen LogP) is 2.47. The highest BCUT2D eigenvalue weighted by atomic mass is 32.3. The minimum absolute atomic E-state index is 0.468. The zero-order valence-electron chi connectivity index (χ0n) is 8.42. The van der Waals surface area contributed by atoms with E-state index in [4.69, 9.17) is 0 Å². The van der Waals surface area contributed by atoms with Crippen molar-refractivity contribution in [2.24, 2.45) is 0 Å². The Morgan fingerprint density at radius 3 is 1.55 bits per heavy atom. The first-order chi connectivity index (χ1) is 4.93. The summed E-state index contributed by atoms with van der Waals surface area (Å²) in [5.74, 6) is 0. The van der Waals surface area contributed by atoms with Gasteiger partial charge in [0.25, 0.3) is 0 Å². The van der Waals surface area contributed by atoms with Crippen LogP contribution in [0.4, 0.5) is 0 Å². The summed E-state index contributed by atoms with van der Waals surface area (Å²) in [4.78, 5) is 0. The second-order valence-corrected chi connectivity index (χ2v) is 8.37. The van der Waals surface area contributed by atoms with Crippen molar-refractivity contribution in [2.75, 3.05) is 18.8 Å². The van der Waals surface area contributed by atoms with E-state index in [0.29, 0.717) is 0 Å². The number of nitrogens with zero attached hydrogens (tertiary/aromatic N) is 1. The molecule has 0 aromatic carbocycles. The molecule has 2 unspecified atom stereocenters. The molecule has 0 N–H and O–H groups in total. The SMILES string of the molecule is CC1CCC(C)N1S(C)(C)C. The van der Waals surface area contributed by atoms with Gasteiger partial charge in [-0.15, -0.1) is 0 Å². The first-order valence-corrected chi connectivity index (χ1v) is 7.21. The van der Waals surface area contributed by atoms with Crippen LogP contribution in [0.2, 0.25) is 0 Å². The van der Waals surface area contributed by atoms with Gasteiger partial charge in [0.1, 0.15) is 0 Å². The molecule has 0 saturated carbocycles. The van der Waals surface area contributed by atoms with E-state index in [0.717, 1.165) is 12.1 Å². The van der Waals surface area contributed by atoms with Gasteiger partial charge in [-0.25, -0.2) is 0 Å². The van der Waals surface area contributed by atoms with E-state index in [-0.39, 0.29) is 0 Å². The summed E-state index contributed by atoms with van der Waals surface area (Å²) in [6.45, 7) is 4.73. The minimum Gasteiger partial charge on any atom is -0.263 e. The maximum absolute atomic E-state index is 2.72. The van der Waals surface area contributed by atoms with Crippen LogP contribution in [0.25, 0.3) is 0 Å². The molecule has 68 valence electrons. The summed E-state index contributed by atoms with van der Waals surface area (Å²) in [7, 11) is -0.468. The highest BCUT2D eigenvalue weighted by Gasteiger charge is 2.32. The van der Waals surface area contributed by atoms with Gasteiger partial charge in [-0.3, -0.25) is 4.31 Å². The van der Waals surface area contributed by atoms with Gasteiger partial charge in [-0.05, 0) is 45.5 Å². The van der Waals surface area contributed by atoms with Gasteiger partial charge < -0.3 is 0 Å². The molecule has 0 amide bonds. The fourth-order valence-electron chi connectivity index (χ4n) is 2.25. The molecule has 1 aliphatic heterocycles. The van der Waals surface area contributed by atoms with Crippen molar-refractivity contribution in [2.45, 2.75) is 38.8 Å². The molecule has 1 nitrogen and oxygen atoms in total. The lowest BCUT2D eigenvalue weighted by molar-refractivity contribution is 0.385. The van der Waals surface area contributed by atoms with Crippen molar-refractivity contribution >= 4 is 10.2 Å². The van der Waals surface area contributed by atoms with E-state index >= 15 is 0 Å². The topological polar surface area (TPSA) is 3.24 Å². The highest BCUT2D eigenvalue weighted by molar-refractivity contribution is 8.30. The molecule has 1 fully saturated rings. The molecule has 1 saturated heterocycles. The lowest BCUT2D eigenvalue weighted by atomic mass is 10.2. The summed E-state index contributed by atoms with van der Waals surface area (Å²) in [5.41, 5.74) is 0. The molecular weight excluding hydrogens is 154 g/mol. The van der Waals surface area contributed by atoms with Crippen LogP contribution in [0.5, 0.6) is 0 Å². The Labute approximate surface area is 72.6 Å². The molecule has 1 rings (SSSR count). The van der Waals surface area contributed by atoms with Crippen LogP contribution in [-0.4, -0.2) is 35.2 Å². The van der Waals surface area contributed by atoms with Crippen molar-refractivity contribution in [1.29, 1.82) is 0 Å². The Morgan fingerprint density at radius 1 is 1.00 bits per heavy atom. The summed E-state index contributed by atoms with van der Waals surface area (Å²) >= 11 is 0. The van der Waals surface area contributed by atoms with Gasteiger partial charge in [0.2, 0.25) is 0 Å². The average molecular weight is 175 g/mol. The van der Waals surface area contributed by atoms with Crippen LogP contribution in [0, 0.1) is 0 Å². The fraction of sp³-hybridized carbons (Fsp3) is 1.00. The largest absolute Gasteiger partial charge is 0.263 e. The number of hydrogen-bond acceptors (Lipinski definition) is 1. The van der Waals surface area contributed by atoms with Crippen molar-refractivity contribution < 1.29 is 0 Å². The molecular formula is C9H21NS. The molecule has 1 heterocycles. The minimum atomic E-state index is -0.468. The molecule has 1 aliphatic rings. The Kier molecular flexibility index (Phi) is 2.55. The summed E-state index contributed by atoms with van der Waals surface area (Å²) in [6.07, 6.45) is 9.97. The number of hydrogen-bond donors (Lipinski definition) is 0. The second-order valence-electron chi connectivity index (χ2n) is 4.41. The quantitative estimate of drug-likeness (QED) is 0.592. The third kappa shape index (κ3) is 1.91. The van der Waals surface area contributed by atoms with Gasteiger partial charge in [0.05, 0.1) is 0 Å². The lowest BCUT2D eigenvalue weighted by Gasteiger charge is -2.43. The summed E-state index contributed by atoms with van der Waals surface area (Å²) < 4.78 is 2.72. The average Bonchev–Trinajstić information content (AvgIpc) is 2.08. The van der Waals surface area contributed by atoms with Crippen molar-refractivity contribution in [3.63, 3.8) is 0 Å². The van der Waals surface area contributed by atoms with Gasteiger partial charge in [-0.1, -0.05) is 0 Å². The Hall–Kier alpha value is 0.310. The van der Waals surface area contributed by atoms with E-state index in [1.165, 1.54) is 12.8 Å². The third-order valence-electron chi connectivity index (χ3n) is 2.50. The van der Waals surface area contributed by atoms with Gasteiger partial charge in [0, 0.05) is 12.1 Å². The Balaban J connectivity index is 2.69. The maximum Gasteiger partial charge on any atom is 0.0162 e. The van der Waals surface area contributed by atoms with E-state index in [9.17, 15) is 0 Å². The highest BCUT2D eigenvalue weighted by Crippen LogP contribution is 2.47. The third-order valence-corrected chi connectivity index (χ3v) is 4.49. The van der Waals surface area contributed by atoms with E-state index in [1.54, 1.807) is 0 Å². The van der Waals surface area contributed by atoms with Gasteiger partial charge in [0.15, 0.2) is 0 Å². The normalized spacial score (nSPS) is 36.1.